The van der Waals surface area contributed by atoms with E-state index >= 15 is 0 Å². The van der Waals surface area contributed by atoms with E-state index < -0.39 is 47.7 Å². The highest BCUT2D eigenvalue weighted by molar-refractivity contribution is 6.11. The van der Waals surface area contributed by atoms with Crippen LogP contribution >= 0.6 is 0 Å². The van der Waals surface area contributed by atoms with E-state index in [1.54, 1.807) is 6.08 Å². The first-order valence-corrected chi connectivity index (χ1v) is 17.4. The minimum absolute atomic E-state index is 0.0263. The molecule has 49 heavy (non-hydrogen) atoms. The van der Waals surface area contributed by atoms with Gasteiger partial charge in [0.05, 0.1) is 18.9 Å². The van der Waals surface area contributed by atoms with Crippen molar-refractivity contribution in [3.05, 3.63) is 77.6 Å². The number of hydrogen-bond acceptors (Lipinski definition) is 8. The lowest BCUT2D eigenvalue weighted by Crippen LogP contribution is -2.48. The van der Waals surface area contributed by atoms with Gasteiger partial charge in [0, 0.05) is 48.9 Å². The number of carbonyl (C=O) groups is 5. The van der Waals surface area contributed by atoms with E-state index in [0.29, 0.717) is 12.8 Å². The number of alkyl carbamates (subject to hydrolysis) is 1. The Labute approximate surface area is 287 Å². The summed E-state index contributed by atoms with van der Waals surface area (Å²) in [5, 5.41) is 2.80. The minimum atomic E-state index is -1.46. The number of benzene rings is 1. The van der Waals surface area contributed by atoms with Crippen LogP contribution in [0.1, 0.15) is 82.0 Å². The first kappa shape index (κ1) is 34.5. The number of aromatic nitrogens is 1. The molecule has 0 saturated carbocycles. The highest BCUT2D eigenvalue weighted by Crippen LogP contribution is 2.40. The number of esters is 1. The van der Waals surface area contributed by atoms with Crippen LogP contribution in [0.3, 0.4) is 0 Å². The number of allylic oxidation sites excluding steroid dienone is 4. The van der Waals surface area contributed by atoms with Crippen LogP contribution in [0.15, 0.2) is 60.8 Å². The van der Waals surface area contributed by atoms with Gasteiger partial charge in [-0.1, -0.05) is 48.6 Å². The Balaban J connectivity index is 1.19. The molecule has 1 aromatic carbocycles. The molecule has 1 aromatic heterocycles. The minimum Gasteiger partial charge on any atom is -0.457 e. The first-order valence-electron chi connectivity index (χ1n) is 17.4. The van der Waals surface area contributed by atoms with Crippen LogP contribution in [-0.4, -0.2) is 76.8 Å². The number of rotatable bonds is 9. The molecular formula is C39H47N3O7. The van der Waals surface area contributed by atoms with E-state index in [0.717, 1.165) is 41.8 Å². The predicted molar refractivity (Wildman–Crippen MR) is 184 cm³/mol. The number of hydrogen-bond donors (Lipinski definition) is 1. The summed E-state index contributed by atoms with van der Waals surface area (Å²) in [4.78, 5) is 70.1. The standard InChI is InChI=1S/C39H47N3O7/c1-38(2,3)42-19-8-11-29(42)22-32(44)39(17-14-26(15-18-39)25-9-6-5-7-10-25)33(45)24-49-36(46)28-21-31(43)34-30(40-37(47)48-4)13-12-27-16-20-41(23-28)35(27)34/h5-7,9-10,14-17,20,28-30,34H,8,11-13,18-19,21-24H2,1-4H3,(H,40,47)/t28-,29-,30-,34?,39?/m0/s1. The molecule has 2 aliphatic heterocycles. The fourth-order valence-corrected chi connectivity index (χ4v) is 8.28. The third-order valence-electron chi connectivity index (χ3n) is 10.8. The van der Waals surface area contributed by atoms with E-state index in [1.165, 1.54) is 7.11 Å². The molecule has 0 spiro atoms. The molecule has 1 fully saturated rings. The fraction of sp³-hybridized carbons (Fsp3) is 0.513. The quantitative estimate of drug-likeness (QED) is 0.286. The molecule has 260 valence electrons. The van der Waals surface area contributed by atoms with Gasteiger partial charge in [-0.3, -0.25) is 24.1 Å². The number of amides is 1. The van der Waals surface area contributed by atoms with Gasteiger partial charge in [-0.15, -0.1) is 0 Å². The third kappa shape index (κ3) is 6.93. The van der Waals surface area contributed by atoms with Crippen LogP contribution in [0.4, 0.5) is 4.79 Å². The summed E-state index contributed by atoms with van der Waals surface area (Å²) in [7, 11) is 1.28. The molecule has 1 N–H and O–H groups in total. The number of likely N-dealkylation sites (tertiary alicyclic amines) is 1. The third-order valence-corrected chi connectivity index (χ3v) is 10.8. The molecule has 0 bridgehead atoms. The van der Waals surface area contributed by atoms with Crippen molar-refractivity contribution in [1.29, 1.82) is 0 Å². The van der Waals surface area contributed by atoms with Gasteiger partial charge in [-0.05, 0) is 82.2 Å². The molecule has 3 heterocycles. The van der Waals surface area contributed by atoms with Crippen molar-refractivity contribution in [1.82, 2.24) is 14.8 Å². The van der Waals surface area contributed by atoms with Gasteiger partial charge in [-0.2, -0.15) is 0 Å². The summed E-state index contributed by atoms with van der Waals surface area (Å²) in [6, 6.07) is 11.3. The number of methoxy groups -OCH3 is 1. The van der Waals surface area contributed by atoms with E-state index in [-0.39, 0.29) is 49.0 Å². The molecule has 1 saturated heterocycles. The molecule has 2 aliphatic carbocycles. The van der Waals surface area contributed by atoms with Gasteiger partial charge in [-0.25, -0.2) is 4.79 Å². The molecule has 2 unspecified atom stereocenters. The topological polar surface area (TPSA) is 124 Å². The summed E-state index contributed by atoms with van der Waals surface area (Å²) in [6.07, 6.45) is 10.2. The second-order valence-electron chi connectivity index (χ2n) is 14.9. The number of ketones is 3. The monoisotopic (exact) mass is 669 g/mol. The van der Waals surface area contributed by atoms with Gasteiger partial charge in [0.2, 0.25) is 0 Å². The number of ether oxygens (including phenoxy) is 2. The van der Waals surface area contributed by atoms with Crippen molar-refractivity contribution in [3.63, 3.8) is 0 Å². The highest BCUT2D eigenvalue weighted by atomic mass is 16.5. The zero-order valence-electron chi connectivity index (χ0n) is 28.9. The average Bonchev–Trinajstić information content (AvgIpc) is 3.70. The number of aryl methyl sites for hydroxylation is 1. The molecular weight excluding hydrogens is 622 g/mol. The summed E-state index contributed by atoms with van der Waals surface area (Å²) < 4.78 is 12.4. The van der Waals surface area contributed by atoms with Gasteiger partial charge < -0.3 is 19.4 Å². The second-order valence-corrected chi connectivity index (χ2v) is 14.9. The Morgan fingerprint density at radius 1 is 1.04 bits per heavy atom. The maximum absolute atomic E-state index is 14.3. The summed E-state index contributed by atoms with van der Waals surface area (Å²) in [5.41, 5.74) is 2.18. The first-order chi connectivity index (χ1) is 23.4. The molecule has 10 heteroatoms. The zero-order valence-corrected chi connectivity index (χ0v) is 28.9. The highest BCUT2D eigenvalue weighted by Gasteiger charge is 2.47. The van der Waals surface area contributed by atoms with Crippen LogP contribution in [0.5, 0.6) is 0 Å². The van der Waals surface area contributed by atoms with Gasteiger partial charge >= 0.3 is 12.1 Å². The lowest BCUT2D eigenvalue weighted by atomic mass is 9.71. The van der Waals surface area contributed by atoms with Crippen molar-refractivity contribution in [2.75, 3.05) is 20.3 Å². The zero-order chi connectivity index (χ0) is 34.9. The van der Waals surface area contributed by atoms with Crippen LogP contribution in [-0.2, 0) is 41.6 Å². The summed E-state index contributed by atoms with van der Waals surface area (Å²) in [5.74, 6) is -2.90. The van der Waals surface area contributed by atoms with Gasteiger partial charge in [0.1, 0.15) is 11.2 Å². The second kappa shape index (κ2) is 13.9. The Bertz CT molecular complexity index is 1680. The summed E-state index contributed by atoms with van der Waals surface area (Å²) in [6.45, 7) is 6.98. The van der Waals surface area contributed by atoms with Crippen molar-refractivity contribution >= 4 is 35.0 Å². The maximum atomic E-state index is 14.3. The number of carbonyl (C=O) groups excluding carboxylic acids is 5. The smallest absolute Gasteiger partial charge is 0.407 e. The van der Waals surface area contributed by atoms with Crippen LogP contribution in [0.25, 0.3) is 5.57 Å². The Hall–Kier alpha value is -4.31. The largest absolute Gasteiger partial charge is 0.457 e. The van der Waals surface area contributed by atoms with Gasteiger partial charge in [0.15, 0.2) is 18.2 Å². The normalized spacial score (nSPS) is 26.7. The summed E-state index contributed by atoms with van der Waals surface area (Å²) >= 11 is 0. The van der Waals surface area contributed by atoms with Gasteiger partial charge in [0.25, 0.3) is 0 Å². The van der Waals surface area contributed by atoms with E-state index in [2.05, 4.69) is 31.0 Å². The molecule has 2 aromatic rings. The van der Waals surface area contributed by atoms with Crippen molar-refractivity contribution in [2.24, 2.45) is 11.3 Å². The lowest BCUT2D eigenvalue weighted by Gasteiger charge is -2.38. The fourth-order valence-electron chi connectivity index (χ4n) is 8.28. The Morgan fingerprint density at radius 3 is 2.51 bits per heavy atom. The Morgan fingerprint density at radius 2 is 1.82 bits per heavy atom. The molecule has 0 radical (unpaired) electrons. The van der Waals surface area contributed by atoms with E-state index in [1.807, 2.05) is 59.3 Å². The van der Waals surface area contributed by atoms with Crippen LogP contribution in [0.2, 0.25) is 0 Å². The Kier molecular flexibility index (Phi) is 9.80. The maximum Gasteiger partial charge on any atom is 0.407 e. The van der Waals surface area contributed by atoms with Crippen molar-refractivity contribution in [2.45, 2.75) is 95.8 Å². The SMILES string of the molecule is COC(=O)N[C@H]1CCc2ccn3c2C1C(=O)C[C@H](C(=O)OCC(=O)C1(C(=O)C[C@@H]2CCCN2C(C)(C)C)C=CC(c2ccccc2)=CC1)C3. The number of Topliss-reactive ketones (excluding diaryl/α,β-unsaturated/α-hetero) is 3. The lowest BCUT2D eigenvalue weighted by molar-refractivity contribution is -0.156. The molecule has 6 rings (SSSR count). The van der Waals surface area contributed by atoms with E-state index in [4.69, 9.17) is 9.47 Å². The number of nitrogens with one attached hydrogen (secondary N) is 1. The van der Waals surface area contributed by atoms with Crippen LogP contribution < -0.4 is 5.32 Å². The molecule has 4 aliphatic rings. The molecule has 1 amide bonds. The molecule has 5 atom stereocenters. The predicted octanol–water partition coefficient (Wildman–Crippen LogP) is 5.20. The van der Waals surface area contributed by atoms with Crippen molar-refractivity contribution in [3.8, 4) is 0 Å². The average molecular weight is 670 g/mol. The molecule has 10 nitrogen and oxygen atoms in total. The van der Waals surface area contributed by atoms with Crippen molar-refractivity contribution < 1.29 is 33.4 Å². The van der Waals surface area contributed by atoms with E-state index in [9.17, 15) is 24.0 Å². The number of nitrogens with zero attached hydrogens (tertiary/aromatic N) is 2. The van der Waals surface area contributed by atoms with Crippen LogP contribution in [0, 0.1) is 11.3 Å².